The number of ether oxygens (including phenoxy) is 1. The van der Waals surface area contributed by atoms with Crippen LogP contribution in [0.25, 0.3) is 11.2 Å². The lowest BCUT2D eigenvalue weighted by molar-refractivity contribution is -0.138. The third-order valence-corrected chi connectivity index (χ3v) is 6.87. The molecule has 0 spiro atoms. The zero-order valence-corrected chi connectivity index (χ0v) is 21.5. The highest BCUT2D eigenvalue weighted by Crippen LogP contribution is 2.32. The number of aliphatic carboxylic acids is 1. The van der Waals surface area contributed by atoms with Crippen LogP contribution in [0.2, 0.25) is 5.02 Å². The van der Waals surface area contributed by atoms with E-state index in [0.29, 0.717) is 35.8 Å². The number of benzene rings is 1. The van der Waals surface area contributed by atoms with Crippen LogP contribution in [0.1, 0.15) is 18.2 Å². The van der Waals surface area contributed by atoms with Crippen molar-refractivity contribution in [3.05, 3.63) is 47.5 Å². The number of imidazole rings is 1. The maximum atomic E-state index is 11.2. The van der Waals surface area contributed by atoms with E-state index in [1.807, 2.05) is 29.2 Å². The van der Waals surface area contributed by atoms with E-state index in [-0.39, 0.29) is 18.8 Å². The molecule has 0 amide bonds. The maximum Gasteiger partial charge on any atom is 0.320 e. The molecule has 4 rings (SSSR count). The lowest BCUT2D eigenvalue weighted by atomic mass is 10.1. The largest absolute Gasteiger partial charge is 0.480 e. The van der Waals surface area contributed by atoms with Crippen LogP contribution in [0.15, 0.2) is 36.9 Å². The molecule has 38 heavy (non-hydrogen) atoms. The number of aromatic nitrogens is 4. The summed E-state index contributed by atoms with van der Waals surface area (Å²) in [5, 5.41) is 34.8. The summed E-state index contributed by atoms with van der Waals surface area (Å²) in [6.45, 7) is 2.54. The molecule has 14 heteroatoms. The second kappa shape index (κ2) is 12.8. The fraction of sp³-hybridized carbons (Fsp3) is 0.500. The molecule has 3 heterocycles. The standard InChI is InChI=1S/C24H33ClN8O5/c25-15-3-1-14(2-4-15)5-7-28-8-10-32(9-6-16(26)24(36)37)11-17-19(34)20(35)23(38-17)33-13-31-18-21(27)29-12-30-22(18)33/h1-4,12-13,16-17,19-20,23,28,34-35H,5-11,26H2,(H,36,37)(H2,27,29,30)/t16?,17?,19-,20-,23?/m1/s1. The Morgan fingerprint density at radius 1 is 1.16 bits per heavy atom. The number of aliphatic hydroxyl groups excluding tert-OH is 2. The van der Waals surface area contributed by atoms with E-state index < -0.39 is 36.6 Å². The number of carbonyl (C=O) groups is 1. The van der Waals surface area contributed by atoms with Crippen molar-refractivity contribution in [1.82, 2.24) is 29.7 Å². The van der Waals surface area contributed by atoms with Crippen molar-refractivity contribution in [2.45, 2.75) is 43.4 Å². The summed E-state index contributed by atoms with van der Waals surface area (Å²) < 4.78 is 7.58. The molecule has 1 fully saturated rings. The molecule has 1 saturated heterocycles. The molecule has 0 saturated carbocycles. The van der Waals surface area contributed by atoms with Crippen molar-refractivity contribution in [2.75, 3.05) is 38.5 Å². The average molecular weight is 549 g/mol. The Bertz CT molecular complexity index is 1210. The highest BCUT2D eigenvalue weighted by atomic mass is 35.5. The smallest absolute Gasteiger partial charge is 0.320 e. The monoisotopic (exact) mass is 548 g/mol. The number of anilines is 1. The summed E-state index contributed by atoms with van der Waals surface area (Å²) in [5.74, 6) is -0.880. The van der Waals surface area contributed by atoms with Gasteiger partial charge in [-0.05, 0) is 37.1 Å². The Morgan fingerprint density at radius 3 is 2.66 bits per heavy atom. The first kappa shape index (κ1) is 28.1. The van der Waals surface area contributed by atoms with Crippen molar-refractivity contribution < 1.29 is 24.9 Å². The number of nitrogens with two attached hydrogens (primary N) is 2. The van der Waals surface area contributed by atoms with E-state index in [1.54, 1.807) is 0 Å². The Labute approximate surface area is 224 Å². The molecule has 2 aromatic heterocycles. The highest BCUT2D eigenvalue weighted by molar-refractivity contribution is 6.30. The van der Waals surface area contributed by atoms with Crippen LogP contribution in [0.4, 0.5) is 5.82 Å². The third kappa shape index (κ3) is 6.74. The highest BCUT2D eigenvalue weighted by Gasteiger charge is 2.44. The first-order valence-corrected chi connectivity index (χ1v) is 12.7. The molecule has 3 aromatic rings. The SMILES string of the molecule is Nc1ncnc2c1ncn2C1OC(CN(CCNCCc2ccc(Cl)cc2)CCC(N)C(=O)O)[C@@H](O)[C@H]1O. The van der Waals surface area contributed by atoms with E-state index >= 15 is 0 Å². The van der Waals surface area contributed by atoms with Crippen LogP contribution in [0.5, 0.6) is 0 Å². The second-order valence-corrected chi connectivity index (χ2v) is 9.73. The van der Waals surface area contributed by atoms with Crippen molar-refractivity contribution in [1.29, 1.82) is 0 Å². The van der Waals surface area contributed by atoms with Gasteiger partial charge in [0.2, 0.25) is 0 Å². The minimum Gasteiger partial charge on any atom is -0.480 e. The van der Waals surface area contributed by atoms with Crippen LogP contribution in [0.3, 0.4) is 0 Å². The van der Waals surface area contributed by atoms with Crippen molar-refractivity contribution in [3.63, 3.8) is 0 Å². The number of rotatable bonds is 13. The van der Waals surface area contributed by atoms with Gasteiger partial charge in [0.1, 0.15) is 36.2 Å². The molecule has 8 N–H and O–H groups in total. The number of hydrogen-bond acceptors (Lipinski definition) is 11. The molecule has 13 nitrogen and oxygen atoms in total. The van der Waals surface area contributed by atoms with Gasteiger partial charge < -0.3 is 36.8 Å². The number of carboxylic acid groups (broad SMARTS) is 1. The van der Waals surface area contributed by atoms with Gasteiger partial charge in [0.15, 0.2) is 17.7 Å². The summed E-state index contributed by atoms with van der Waals surface area (Å²) in [6.07, 6.45) is -0.342. The lowest BCUT2D eigenvalue weighted by Gasteiger charge is -2.27. The molecule has 0 bridgehead atoms. The molecule has 0 radical (unpaired) electrons. The number of aliphatic hydroxyl groups is 2. The number of hydrogen-bond donors (Lipinski definition) is 6. The molecule has 1 aromatic carbocycles. The number of carboxylic acids is 1. The fourth-order valence-corrected chi connectivity index (χ4v) is 4.53. The Balaban J connectivity index is 1.36. The predicted octanol–water partition coefficient (Wildman–Crippen LogP) is -0.383. The summed E-state index contributed by atoms with van der Waals surface area (Å²) in [6, 6.07) is 6.66. The number of fused-ring (bicyclic) bond motifs is 1. The van der Waals surface area contributed by atoms with Gasteiger partial charge >= 0.3 is 5.97 Å². The zero-order chi connectivity index (χ0) is 27.2. The summed E-state index contributed by atoms with van der Waals surface area (Å²) >= 11 is 5.94. The zero-order valence-electron chi connectivity index (χ0n) is 20.7. The van der Waals surface area contributed by atoms with Gasteiger partial charge in [-0.2, -0.15) is 0 Å². The first-order chi connectivity index (χ1) is 18.2. The van der Waals surface area contributed by atoms with Crippen molar-refractivity contribution in [3.8, 4) is 0 Å². The summed E-state index contributed by atoms with van der Waals surface area (Å²) in [4.78, 5) is 25.5. The van der Waals surface area contributed by atoms with Gasteiger partial charge in [-0.25, -0.2) is 15.0 Å². The number of nitrogen functional groups attached to an aromatic ring is 1. The number of nitrogens with zero attached hydrogens (tertiary/aromatic N) is 5. The van der Waals surface area contributed by atoms with Crippen molar-refractivity contribution >= 4 is 34.6 Å². The summed E-state index contributed by atoms with van der Waals surface area (Å²) in [5.41, 5.74) is 13.5. The van der Waals surface area contributed by atoms with E-state index in [0.717, 1.165) is 18.5 Å². The van der Waals surface area contributed by atoms with E-state index in [1.165, 1.54) is 17.2 Å². The topological polar surface area (TPSA) is 198 Å². The molecule has 0 aliphatic carbocycles. The Morgan fingerprint density at radius 2 is 1.92 bits per heavy atom. The fourth-order valence-electron chi connectivity index (χ4n) is 4.41. The van der Waals surface area contributed by atoms with Crippen LogP contribution in [0, 0.1) is 0 Å². The second-order valence-electron chi connectivity index (χ2n) is 9.29. The lowest BCUT2D eigenvalue weighted by Crippen LogP contribution is -2.44. The number of halogens is 1. The van der Waals surface area contributed by atoms with Crippen LogP contribution >= 0.6 is 11.6 Å². The molecule has 1 aliphatic heterocycles. The Hall–Kier alpha value is -2.91. The maximum absolute atomic E-state index is 11.2. The molecule has 1 aliphatic rings. The quantitative estimate of drug-likeness (QED) is 0.151. The van der Waals surface area contributed by atoms with E-state index in [9.17, 15) is 20.1 Å². The van der Waals surface area contributed by atoms with Gasteiger partial charge in [0.05, 0.1) is 6.33 Å². The molecule has 206 valence electrons. The van der Waals surface area contributed by atoms with Crippen LogP contribution in [-0.2, 0) is 16.0 Å². The average Bonchev–Trinajstić information content (AvgIpc) is 3.45. The van der Waals surface area contributed by atoms with Crippen LogP contribution in [-0.4, -0.2) is 103 Å². The van der Waals surface area contributed by atoms with Gasteiger partial charge in [0.25, 0.3) is 0 Å². The van der Waals surface area contributed by atoms with Gasteiger partial charge in [-0.3, -0.25) is 14.3 Å². The minimum atomic E-state index is -1.24. The van der Waals surface area contributed by atoms with E-state index in [4.69, 9.17) is 27.8 Å². The minimum absolute atomic E-state index is 0.197. The summed E-state index contributed by atoms with van der Waals surface area (Å²) in [7, 11) is 0. The van der Waals surface area contributed by atoms with Gasteiger partial charge in [0, 0.05) is 31.2 Å². The van der Waals surface area contributed by atoms with Gasteiger partial charge in [-0.15, -0.1) is 0 Å². The Kier molecular flexibility index (Phi) is 9.44. The van der Waals surface area contributed by atoms with Gasteiger partial charge in [-0.1, -0.05) is 23.7 Å². The van der Waals surface area contributed by atoms with Crippen molar-refractivity contribution in [2.24, 2.45) is 5.73 Å². The van der Waals surface area contributed by atoms with E-state index in [2.05, 4.69) is 20.3 Å². The molecular weight excluding hydrogens is 516 g/mol. The number of nitrogens with one attached hydrogen (secondary N) is 1. The molecule has 5 atom stereocenters. The normalized spacial score (nSPS) is 22.3. The predicted molar refractivity (Wildman–Crippen MR) is 140 cm³/mol. The third-order valence-electron chi connectivity index (χ3n) is 6.62. The first-order valence-electron chi connectivity index (χ1n) is 12.3. The molecule has 3 unspecified atom stereocenters. The molecular formula is C24H33ClN8O5. The van der Waals surface area contributed by atoms with Crippen LogP contribution < -0.4 is 16.8 Å².